The van der Waals surface area contributed by atoms with Crippen LogP contribution in [-0.4, -0.2) is 39.8 Å². The molecule has 0 radical (unpaired) electrons. The summed E-state index contributed by atoms with van der Waals surface area (Å²) in [6.07, 6.45) is 3.28. The second-order valence-electron chi connectivity index (χ2n) is 9.61. The largest absolute Gasteiger partial charge is 0.396 e. The Hall–Kier alpha value is -2.34. The van der Waals surface area contributed by atoms with Crippen molar-refractivity contribution in [2.24, 2.45) is 9.98 Å². The van der Waals surface area contributed by atoms with Gasteiger partial charge in [-0.15, -0.1) is 12.4 Å². The molecule has 0 unspecified atom stereocenters. The Labute approximate surface area is 244 Å². The normalized spacial score (nSPS) is 11.7. The number of pyridine rings is 1. The number of hydrogen-bond donors (Lipinski definition) is 2. The molecule has 0 spiro atoms. The van der Waals surface area contributed by atoms with Crippen molar-refractivity contribution in [3.05, 3.63) is 87.2 Å². The van der Waals surface area contributed by atoms with Crippen LogP contribution in [0.3, 0.4) is 0 Å². The molecular formula is C31H40ClFeN3O2. The molecule has 3 aromatic rings. The number of nitrogens with zero attached hydrogens (tertiary/aromatic N) is 3. The number of aryl methyl sites for hydroxylation is 6. The van der Waals surface area contributed by atoms with Crippen molar-refractivity contribution in [2.75, 3.05) is 13.2 Å². The third-order valence-electron chi connectivity index (χ3n) is 6.40. The predicted octanol–water partition coefficient (Wildman–Crippen LogP) is 6.87. The van der Waals surface area contributed by atoms with Gasteiger partial charge in [-0.1, -0.05) is 30.3 Å². The molecule has 38 heavy (non-hydrogen) atoms. The van der Waals surface area contributed by atoms with Crippen molar-refractivity contribution in [3.63, 3.8) is 0 Å². The molecule has 3 rings (SSSR count). The Morgan fingerprint density at radius 2 is 1.03 bits per heavy atom. The first-order valence-corrected chi connectivity index (χ1v) is 12.7. The van der Waals surface area contributed by atoms with Gasteiger partial charge in [0, 0.05) is 30.3 Å². The van der Waals surface area contributed by atoms with Crippen LogP contribution >= 0.6 is 12.4 Å². The van der Waals surface area contributed by atoms with E-state index in [0.717, 1.165) is 82.1 Å². The maximum atomic E-state index is 9.13. The van der Waals surface area contributed by atoms with Crippen molar-refractivity contribution in [1.29, 1.82) is 0 Å². The predicted molar refractivity (Wildman–Crippen MR) is 158 cm³/mol. The number of halogens is 1. The summed E-state index contributed by atoms with van der Waals surface area (Å²) in [4.78, 5) is 14.8. The Morgan fingerprint density at radius 3 is 1.34 bits per heavy atom. The van der Waals surface area contributed by atoms with Gasteiger partial charge in [0.1, 0.15) is 0 Å². The standard InChI is InChI=1S/C31H39N3O2.ClH.Fe/c1-20-16-26(10-8-14-35)17-21(2)30(20)32-24(5)28-12-7-13-29(34-28)25(6)33-31-22(3)18-27(11-9-15-36)19-23(31)4;;/h7,12-13,16-19,35-36H,8-11,14-15H2,1-6H3;1H;/b32-24+,33-25+;;. The van der Waals surface area contributed by atoms with Crippen molar-refractivity contribution in [3.8, 4) is 0 Å². The van der Waals surface area contributed by atoms with E-state index >= 15 is 0 Å². The number of benzene rings is 2. The van der Waals surface area contributed by atoms with Gasteiger partial charge in [0.05, 0.1) is 34.2 Å². The van der Waals surface area contributed by atoms with Gasteiger partial charge in [0.15, 0.2) is 0 Å². The first-order chi connectivity index (χ1) is 17.2. The van der Waals surface area contributed by atoms with Gasteiger partial charge in [-0.3, -0.25) is 9.98 Å². The van der Waals surface area contributed by atoms with Gasteiger partial charge in [-0.25, -0.2) is 4.98 Å². The molecule has 0 fully saturated rings. The van der Waals surface area contributed by atoms with Gasteiger partial charge in [-0.05, 0) is 113 Å². The summed E-state index contributed by atoms with van der Waals surface area (Å²) < 4.78 is 0. The third-order valence-corrected chi connectivity index (χ3v) is 6.40. The first kappa shape index (κ1) is 33.7. The molecular weight excluding hydrogens is 538 g/mol. The molecule has 0 aliphatic carbocycles. The number of aromatic nitrogens is 1. The van der Waals surface area contributed by atoms with Crippen LogP contribution in [0, 0.1) is 27.7 Å². The molecule has 0 saturated heterocycles. The molecule has 0 bridgehead atoms. The van der Waals surface area contributed by atoms with E-state index in [1.165, 1.54) is 11.1 Å². The Balaban J connectivity index is 0.00000361. The first-order valence-electron chi connectivity index (χ1n) is 12.7. The summed E-state index contributed by atoms with van der Waals surface area (Å²) in [7, 11) is 0. The van der Waals surface area contributed by atoms with Crippen molar-refractivity contribution >= 4 is 35.2 Å². The Kier molecular flexibility index (Phi) is 14.1. The average molecular weight is 578 g/mol. The Bertz CT molecular complexity index is 1150. The molecule has 0 saturated carbocycles. The van der Waals surface area contributed by atoms with Crippen molar-refractivity contribution in [1.82, 2.24) is 4.98 Å². The summed E-state index contributed by atoms with van der Waals surface area (Å²) in [5.74, 6) is 0. The van der Waals surface area contributed by atoms with Crippen LogP contribution in [0.1, 0.15) is 71.5 Å². The summed E-state index contributed by atoms with van der Waals surface area (Å²) in [6, 6.07) is 14.6. The molecule has 206 valence electrons. The summed E-state index contributed by atoms with van der Waals surface area (Å²) in [5, 5.41) is 18.3. The second kappa shape index (κ2) is 15.9. The van der Waals surface area contributed by atoms with Gasteiger partial charge in [0.2, 0.25) is 0 Å². The van der Waals surface area contributed by atoms with Crippen LogP contribution in [0.5, 0.6) is 0 Å². The van der Waals surface area contributed by atoms with E-state index in [1.807, 2.05) is 32.0 Å². The zero-order valence-electron chi connectivity index (χ0n) is 23.3. The zero-order chi connectivity index (χ0) is 26.2. The van der Waals surface area contributed by atoms with E-state index in [2.05, 4.69) is 52.0 Å². The molecule has 1 aromatic heterocycles. The summed E-state index contributed by atoms with van der Waals surface area (Å²) in [5.41, 5.74) is 12.3. The number of aliphatic imine (C=N–C) groups is 2. The molecule has 0 amide bonds. The molecule has 5 nitrogen and oxygen atoms in total. The monoisotopic (exact) mass is 577 g/mol. The topological polar surface area (TPSA) is 78.1 Å². The maximum Gasteiger partial charge on any atom is 0.0849 e. The number of aliphatic hydroxyl groups is 2. The molecule has 0 atom stereocenters. The van der Waals surface area contributed by atoms with Crippen LogP contribution in [0.25, 0.3) is 0 Å². The zero-order valence-corrected chi connectivity index (χ0v) is 25.2. The molecule has 2 aromatic carbocycles. The molecule has 2 N–H and O–H groups in total. The van der Waals surface area contributed by atoms with Crippen LogP contribution in [-0.2, 0) is 29.9 Å². The van der Waals surface area contributed by atoms with E-state index in [9.17, 15) is 0 Å². The summed E-state index contributed by atoms with van der Waals surface area (Å²) in [6.45, 7) is 12.7. The third kappa shape index (κ3) is 8.86. The Morgan fingerprint density at radius 1 is 0.684 bits per heavy atom. The minimum Gasteiger partial charge on any atom is -0.396 e. The minimum absolute atomic E-state index is 0. The van der Waals surface area contributed by atoms with Gasteiger partial charge in [0.25, 0.3) is 0 Å². The van der Waals surface area contributed by atoms with E-state index in [4.69, 9.17) is 25.2 Å². The quantitative estimate of drug-likeness (QED) is 0.204. The number of aliphatic hydroxyl groups excluding tert-OH is 2. The van der Waals surface area contributed by atoms with Gasteiger partial charge >= 0.3 is 0 Å². The SMILES string of the molecule is C/C(=N\c1c(C)cc(CCCO)cc1C)c1cccc(/C(C)=N/c2c(C)cc(CCCO)cc2C)n1.Cl.[Fe]. The molecule has 0 aliphatic heterocycles. The van der Waals surface area contributed by atoms with E-state index in [1.54, 1.807) is 0 Å². The molecule has 7 heteroatoms. The van der Waals surface area contributed by atoms with Crippen LogP contribution in [0.15, 0.2) is 52.4 Å². The maximum absolute atomic E-state index is 9.13. The van der Waals surface area contributed by atoms with Crippen LogP contribution in [0.4, 0.5) is 11.4 Å². The number of rotatable bonds is 10. The smallest absolute Gasteiger partial charge is 0.0849 e. The molecule has 1 heterocycles. The summed E-state index contributed by atoms with van der Waals surface area (Å²) >= 11 is 0. The number of hydrogen-bond acceptors (Lipinski definition) is 5. The fourth-order valence-electron chi connectivity index (χ4n) is 4.59. The average Bonchev–Trinajstić information content (AvgIpc) is 2.85. The van der Waals surface area contributed by atoms with Crippen LogP contribution in [0.2, 0.25) is 0 Å². The van der Waals surface area contributed by atoms with E-state index in [0.29, 0.717) is 0 Å². The van der Waals surface area contributed by atoms with Crippen molar-refractivity contribution < 1.29 is 27.3 Å². The van der Waals surface area contributed by atoms with Crippen LogP contribution < -0.4 is 0 Å². The van der Waals surface area contributed by atoms with Gasteiger partial charge in [-0.2, -0.15) is 0 Å². The van der Waals surface area contributed by atoms with Gasteiger partial charge < -0.3 is 10.2 Å². The van der Waals surface area contributed by atoms with E-state index in [-0.39, 0.29) is 42.7 Å². The van der Waals surface area contributed by atoms with E-state index < -0.39 is 0 Å². The fraction of sp³-hybridized carbons (Fsp3) is 0.387. The minimum atomic E-state index is 0. The second-order valence-corrected chi connectivity index (χ2v) is 9.61. The molecule has 0 aliphatic rings. The fourth-order valence-corrected chi connectivity index (χ4v) is 4.59. The van der Waals surface area contributed by atoms with Crippen molar-refractivity contribution in [2.45, 2.75) is 67.2 Å².